The average molecular weight is 260 g/mol. The average Bonchev–Trinajstić information content (AvgIpc) is 2.64. The van der Waals surface area contributed by atoms with Crippen molar-refractivity contribution in [1.29, 1.82) is 0 Å². The quantitative estimate of drug-likeness (QED) is 0.920. The number of aryl methyl sites for hydroxylation is 3. The van der Waals surface area contributed by atoms with Crippen LogP contribution in [0.1, 0.15) is 42.5 Å². The van der Waals surface area contributed by atoms with Crippen LogP contribution in [-0.4, -0.2) is 26.7 Å². The van der Waals surface area contributed by atoms with Crippen LogP contribution < -0.4 is 5.32 Å². The first kappa shape index (κ1) is 13.5. The summed E-state index contributed by atoms with van der Waals surface area (Å²) in [6.07, 6.45) is 0. The lowest BCUT2D eigenvalue weighted by Crippen LogP contribution is -2.30. The summed E-state index contributed by atoms with van der Waals surface area (Å²) in [4.78, 5) is 16.8. The molecule has 0 aliphatic rings. The van der Waals surface area contributed by atoms with Gasteiger partial charge in [0.2, 0.25) is 0 Å². The van der Waals surface area contributed by atoms with Crippen molar-refractivity contribution in [1.82, 2.24) is 20.1 Å². The lowest BCUT2D eigenvalue weighted by Gasteiger charge is -2.10. The molecule has 0 bridgehead atoms. The smallest absolute Gasteiger partial charge is 0.252 e. The van der Waals surface area contributed by atoms with E-state index in [-0.39, 0.29) is 11.9 Å². The Hall–Kier alpha value is -1.91. The Bertz CT molecular complexity index is 628. The predicted octanol–water partition coefficient (Wildman–Crippen LogP) is 2.21. The molecule has 19 heavy (non-hydrogen) atoms. The summed E-state index contributed by atoms with van der Waals surface area (Å²) in [6.45, 7) is 10.5. The largest absolute Gasteiger partial charge is 0.350 e. The van der Waals surface area contributed by atoms with E-state index in [1.807, 2.05) is 45.4 Å². The molecule has 0 saturated carbocycles. The third kappa shape index (κ3) is 2.45. The highest BCUT2D eigenvalue weighted by molar-refractivity contribution is 6.06. The third-order valence-electron chi connectivity index (χ3n) is 2.97. The molecule has 2 rings (SSSR count). The first-order valence-electron chi connectivity index (χ1n) is 6.59. The number of hydrogen-bond donors (Lipinski definition) is 1. The maximum absolute atomic E-state index is 12.3. The number of nitrogens with one attached hydrogen (secondary N) is 1. The lowest BCUT2D eigenvalue weighted by molar-refractivity contribution is 0.0944. The Morgan fingerprint density at radius 2 is 2.11 bits per heavy atom. The minimum Gasteiger partial charge on any atom is -0.350 e. The highest BCUT2D eigenvalue weighted by Gasteiger charge is 2.18. The summed E-state index contributed by atoms with van der Waals surface area (Å²) < 4.78 is 1.84. The molecule has 2 aromatic heterocycles. The van der Waals surface area contributed by atoms with Gasteiger partial charge in [-0.05, 0) is 40.7 Å². The molecule has 2 aromatic rings. The van der Waals surface area contributed by atoms with E-state index >= 15 is 0 Å². The maximum Gasteiger partial charge on any atom is 0.252 e. The van der Waals surface area contributed by atoms with Crippen LogP contribution in [0, 0.1) is 13.8 Å². The summed E-state index contributed by atoms with van der Waals surface area (Å²) in [5, 5.41) is 8.23. The van der Waals surface area contributed by atoms with Gasteiger partial charge < -0.3 is 5.32 Å². The number of carbonyl (C=O) groups is 1. The molecule has 0 spiro atoms. The van der Waals surface area contributed by atoms with Gasteiger partial charge in [-0.3, -0.25) is 4.79 Å². The summed E-state index contributed by atoms with van der Waals surface area (Å²) in [7, 11) is 0. The van der Waals surface area contributed by atoms with E-state index in [2.05, 4.69) is 15.4 Å². The highest BCUT2D eigenvalue weighted by Crippen LogP contribution is 2.22. The molecule has 2 heterocycles. The van der Waals surface area contributed by atoms with Crippen LogP contribution in [0.2, 0.25) is 0 Å². The highest BCUT2D eigenvalue weighted by atomic mass is 16.1. The molecule has 5 nitrogen and oxygen atoms in total. The minimum atomic E-state index is -0.0655. The van der Waals surface area contributed by atoms with Crippen molar-refractivity contribution in [2.75, 3.05) is 0 Å². The van der Waals surface area contributed by atoms with Gasteiger partial charge in [-0.15, -0.1) is 0 Å². The Morgan fingerprint density at radius 1 is 1.42 bits per heavy atom. The Balaban J connectivity index is 2.66. The number of rotatable bonds is 3. The van der Waals surface area contributed by atoms with Gasteiger partial charge in [-0.25, -0.2) is 9.67 Å². The van der Waals surface area contributed by atoms with Crippen molar-refractivity contribution < 1.29 is 4.79 Å². The SMILES string of the molecule is CCn1nc(C)c2c(C(=O)NC(C)C)cc(C)nc21. The van der Waals surface area contributed by atoms with Gasteiger partial charge in [0.1, 0.15) is 0 Å². The van der Waals surface area contributed by atoms with E-state index in [0.717, 1.165) is 29.0 Å². The van der Waals surface area contributed by atoms with Crippen LogP contribution in [0.3, 0.4) is 0 Å². The zero-order valence-electron chi connectivity index (χ0n) is 12.1. The number of aromatic nitrogens is 3. The van der Waals surface area contributed by atoms with E-state index in [1.54, 1.807) is 0 Å². The molecule has 0 atom stereocenters. The fourth-order valence-electron chi connectivity index (χ4n) is 2.22. The molecule has 1 N–H and O–H groups in total. The van der Waals surface area contributed by atoms with Crippen molar-refractivity contribution in [3.05, 3.63) is 23.0 Å². The number of carbonyl (C=O) groups excluding carboxylic acids is 1. The fraction of sp³-hybridized carbons (Fsp3) is 0.500. The summed E-state index contributed by atoms with van der Waals surface area (Å²) >= 11 is 0. The molecular weight excluding hydrogens is 240 g/mol. The van der Waals surface area contributed by atoms with Crippen LogP contribution in [0.5, 0.6) is 0 Å². The van der Waals surface area contributed by atoms with Crippen LogP contribution in [0.15, 0.2) is 6.07 Å². The van der Waals surface area contributed by atoms with Gasteiger partial charge in [-0.2, -0.15) is 5.10 Å². The zero-order chi connectivity index (χ0) is 14.2. The molecule has 5 heteroatoms. The van der Waals surface area contributed by atoms with Crippen molar-refractivity contribution >= 4 is 16.9 Å². The second-order valence-corrected chi connectivity index (χ2v) is 5.04. The van der Waals surface area contributed by atoms with E-state index in [9.17, 15) is 4.79 Å². The molecule has 0 aliphatic carbocycles. The standard InChI is InChI=1S/C14H20N4O/c1-6-18-13-12(10(5)17-18)11(7-9(4)16-13)14(19)15-8(2)3/h7-8H,6H2,1-5H3,(H,15,19). The number of amides is 1. The predicted molar refractivity (Wildman–Crippen MR) is 75.3 cm³/mol. The van der Waals surface area contributed by atoms with Crippen molar-refractivity contribution in [3.8, 4) is 0 Å². The normalized spacial score (nSPS) is 11.3. The summed E-state index contributed by atoms with van der Waals surface area (Å²) in [6, 6.07) is 1.94. The topological polar surface area (TPSA) is 59.8 Å². The van der Waals surface area contributed by atoms with E-state index in [1.165, 1.54) is 0 Å². The van der Waals surface area contributed by atoms with Gasteiger partial charge in [-0.1, -0.05) is 0 Å². The summed E-state index contributed by atoms with van der Waals surface area (Å²) in [5.41, 5.74) is 3.12. The first-order valence-corrected chi connectivity index (χ1v) is 6.59. The molecule has 0 aliphatic heterocycles. The fourth-order valence-corrected chi connectivity index (χ4v) is 2.22. The van der Waals surface area contributed by atoms with Gasteiger partial charge in [0.25, 0.3) is 5.91 Å². The number of hydrogen-bond acceptors (Lipinski definition) is 3. The van der Waals surface area contributed by atoms with Crippen LogP contribution >= 0.6 is 0 Å². The van der Waals surface area contributed by atoms with E-state index in [4.69, 9.17) is 0 Å². The van der Waals surface area contributed by atoms with Gasteiger partial charge >= 0.3 is 0 Å². The molecule has 0 aromatic carbocycles. The molecular formula is C14H20N4O. The Morgan fingerprint density at radius 3 is 2.68 bits per heavy atom. The monoisotopic (exact) mass is 260 g/mol. The van der Waals surface area contributed by atoms with E-state index in [0.29, 0.717) is 5.56 Å². The van der Waals surface area contributed by atoms with Crippen LogP contribution in [0.25, 0.3) is 11.0 Å². The molecule has 1 amide bonds. The van der Waals surface area contributed by atoms with Crippen LogP contribution in [0.4, 0.5) is 0 Å². The van der Waals surface area contributed by atoms with Crippen LogP contribution in [-0.2, 0) is 6.54 Å². The second-order valence-electron chi connectivity index (χ2n) is 5.04. The molecule has 0 saturated heterocycles. The zero-order valence-corrected chi connectivity index (χ0v) is 12.1. The van der Waals surface area contributed by atoms with Crippen molar-refractivity contribution in [3.63, 3.8) is 0 Å². The molecule has 102 valence electrons. The molecule has 0 fully saturated rings. The van der Waals surface area contributed by atoms with Gasteiger partial charge in [0.15, 0.2) is 5.65 Å². The third-order valence-corrected chi connectivity index (χ3v) is 2.97. The number of fused-ring (bicyclic) bond motifs is 1. The number of nitrogens with zero attached hydrogens (tertiary/aromatic N) is 3. The molecule has 0 unspecified atom stereocenters. The lowest BCUT2D eigenvalue weighted by atomic mass is 10.1. The maximum atomic E-state index is 12.3. The van der Waals surface area contributed by atoms with Crippen molar-refractivity contribution in [2.24, 2.45) is 0 Å². The summed E-state index contributed by atoms with van der Waals surface area (Å²) in [5.74, 6) is -0.0655. The molecule has 0 radical (unpaired) electrons. The Kier molecular flexibility index (Phi) is 3.55. The minimum absolute atomic E-state index is 0.0655. The van der Waals surface area contributed by atoms with Crippen molar-refractivity contribution in [2.45, 2.75) is 47.2 Å². The van der Waals surface area contributed by atoms with E-state index < -0.39 is 0 Å². The number of pyridine rings is 1. The second kappa shape index (κ2) is 4.99. The van der Waals surface area contributed by atoms with Gasteiger partial charge in [0.05, 0.1) is 16.6 Å². The first-order chi connectivity index (χ1) is 8.93. The Labute approximate surface area is 113 Å². The van der Waals surface area contributed by atoms with Gasteiger partial charge in [0, 0.05) is 18.3 Å².